The number of nitrogens with zero attached hydrogens (tertiary/aromatic N) is 1. The van der Waals surface area contributed by atoms with E-state index in [0.29, 0.717) is 5.56 Å². The van der Waals surface area contributed by atoms with E-state index in [4.69, 9.17) is 11.6 Å². The molecule has 0 unspecified atom stereocenters. The molecule has 0 radical (unpaired) electrons. The maximum absolute atomic E-state index is 13.0. The van der Waals surface area contributed by atoms with Crippen LogP contribution < -0.4 is 10.6 Å². The summed E-state index contributed by atoms with van der Waals surface area (Å²) in [5, 5.41) is 6.13. The SMILES string of the molecule is O=C1Nc2ccc(Cl)cc2S(=O)(=O)N1Cc1ccc(C2(C(=O)NC3CCCCC3)CC2)cc1. The summed E-state index contributed by atoms with van der Waals surface area (Å²) >= 11 is 5.97. The lowest BCUT2D eigenvalue weighted by atomic mass is 9.91. The van der Waals surface area contributed by atoms with Gasteiger partial charge in [-0.05, 0) is 55.0 Å². The van der Waals surface area contributed by atoms with Crippen LogP contribution in [0.1, 0.15) is 56.1 Å². The molecule has 174 valence electrons. The molecule has 0 aromatic heterocycles. The highest BCUT2D eigenvalue weighted by Gasteiger charge is 2.51. The number of rotatable bonds is 5. The predicted octanol–water partition coefficient (Wildman–Crippen LogP) is 4.56. The van der Waals surface area contributed by atoms with Gasteiger partial charge in [-0.3, -0.25) is 4.79 Å². The van der Waals surface area contributed by atoms with E-state index in [2.05, 4.69) is 10.6 Å². The number of benzene rings is 2. The Kier molecular flexibility index (Phi) is 5.61. The van der Waals surface area contributed by atoms with Crippen LogP contribution >= 0.6 is 11.6 Å². The Hall–Kier alpha value is -2.58. The largest absolute Gasteiger partial charge is 0.353 e. The van der Waals surface area contributed by atoms with Gasteiger partial charge in [0.15, 0.2) is 0 Å². The average molecular weight is 488 g/mol. The molecule has 0 spiro atoms. The van der Waals surface area contributed by atoms with E-state index in [0.717, 1.165) is 48.4 Å². The Labute approximate surface area is 198 Å². The summed E-state index contributed by atoms with van der Waals surface area (Å²) in [7, 11) is -4.04. The van der Waals surface area contributed by atoms with Crippen molar-refractivity contribution in [2.24, 2.45) is 0 Å². The lowest BCUT2D eigenvalue weighted by Crippen LogP contribution is -2.43. The Morgan fingerprint density at radius 1 is 1.09 bits per heavy atom. The number of nitrogens with one attached hydrogen (secondary N) is 2. The number of halogens is 1. The Bertz CT molecular complexity index is 1200. The summed E-state index contributed by atoms with van der Waals surface area (Å²) in [6.07, 6.45) is 7.27. The number of urea groups is 1. The first kappa shape index (κ1) is 22.2. The van der Waals surface area contributed by atoms with Crippen LogP contribution in [0.4, 0.5) is 10.5 Å². The lowest BCUT2D eigenvalue weighted by molar-refractivity contribution is -0.124. The van der Waals surface area contributed by atoms with Crippen LogP contribution in [0.5, 0.6) is 0 Å². The van der Waals surface area contributed by atoms with Crippen LogP contribution in [0, 0.1) is 0 Å². The Morgan fingerprint density at radius 3 is 2.45 bits per heavy atom. The van der Waals surface area contributed by atoms with Crippen molar-refractivity contribution < 1.29 is 18.0 Å². The van der Waals surface area contributed by atoms with Crippen molar-refractivity contribution in [3.63, 3.8) is 0 Å². The second-order valence-corrected chi connectivity index (χ2v) is 11.4. The van der Waals surface area contributed by atoms with Gasteiger partial charge in [0.2, 0.25) is 5.91 Å². The number of hydrogen-bond acceptors (Lipinski definition) is 4. The number of fused-ring (bicyclic) bond motifs is 1. The van der Waals surface area contributed by atoms with E-state index in [1.165, 1.54) is 24.6 Å². The van der Waals surface area contributed by atoms with Gasteiger partial charge in [0.1, 0.15) is 4.90 Å². The summed E-state index contributed by atoms with van der Waals surface area (Å²) in [6, 6.07) is 11.2. The van der Waals surface area contributed by atoms with Gasteiger partial charge in [-0.1, -0.05) is 55.1 Å². The third-order valence-electron chi connectivity index (χ3n) is 6.94. The molecule has 0 atom stereocenters. The number of carbonyl (C=O) groups excluding carboxylic acids is 2. The fraction of sp³-hybridized carbons (Fsp3) is 0.417. The second kappa shape index (κ2) is 8.33. The van der Waals surface area contributed by atoms with Crippen LogP contribution in [-0.4, -0.2) is 30.7 Å². The zero-order valence-corrected chi connectivity index (χ0v) is 19.7. The molecular formula is C24H26ClN3O4S. The molecule has 3 amide bonds. The van der Waals surface area contributed by atoms with Gasteiger partial charge in [0.25, 0.3) is 10.0 Å². The molecule has 0 bridgehead atoms. The van der Waals surface area contributed by atoms with E-state index in [1.54, 1.807) is 12.1 Å². The highest BCUT2D eigenvalue weighted by Crippen LogP contribution is 2.48. The molecule has 2 saturated carbocycles. The van der Waals surface area contributed by atoms with Crippen LogP contribution in [-0.2, 0) is 26.8 Å². The monoisotopic (exact) mass is 487 g/mol. The maximum Gasteiger partial charge on any atom is 0.336 e. The molecule has 5 rings (SSSR count). The molecule has 1 heterocycles. The van der Waals surface area contributed by atoms with Gasteiger partial charge >= 0.3 is 6.03 Å². The van der Waals surface area contributed by atoms with Gasteiger partial charge in [-0.2, -0.15) is 0 Å². The number of amides is 3. The molecule has 0 saturated heterocycles. The number of carbonyl (C=O) groups is 2. The molecule has 9 heteroatoms. The van der Waals surface area contributed by atoms with Crippen molar-refractivity contribution in [1.82, 2.24) is 9.62 Å². The van der Waals surface area contributed by atoms with E-state index in [1.807, 2.05) is 12.1 Å². The molecule has 7 nitrogen and oxygen atoms in total. The van der Waals surface area contributed by atoms with Crippen molar-refractivity contribution in [2.75, 3.05) is 5.32 Å². The van der Waals surface area contributed by atoms with Gasteiger partial charge in [0.05, 0.1) is 17.6 Å². The van der Waals surface area contributed by atoms with Crippen LogP contribution in [0.25, 0.3) is 0 Å². The first-order valence-corrected chi connectivity index (χ1v) is 13.2. The van der Waals surface area contributed by atoms with Gasteiger partial charge in [0, 0.05) is 11.1 Å². The van der Waals surface area contributed by atoms with Crippen LogP contribution in [0.3, 0.4) is 0 Å². The van der Waals surface area contributed by atoms with Crippen LogP contribution in [0.15, 0.2) is 47.4 Å². The molecule has 3 aliphatic rings. The Morgan fingerprint density at radius 2 is 1.79 bits per heavy atom. The predicted molar refractivity (Wildman–Crippen MR) is 126 cm³/mol. The smallest absolute Gasteiger partial charge is 0.336 e. The average Bonchev–Trinajstić information content (AvgIpc) is 3.61. The molecule has 2 aliphatic carbocycles. The zero-order valence-electron chi connectivity index (χ0n) is 18.1. The molecule has 2 N–H and O–H groups in total. The van der Waals surface area contributed by atoms with Gasteiger partial charge in [-0.25, -0.2) is 17.5 Å². The van der Waals surface area contributed by atoms with Crippen molar-refractivity contribution >= 4 is 39.2 Å². The third kappa shape index (κ3) is 4.10. The normalized spacial score (nSPS) is 21.1. The standard InChI is InChI=1S/C24H26ClN3O4S/c25-18-10-11-20-21(14-18)33(31,32)28(23(30)27-20)15-16-6-8-17(9-7-16)24(12-13-24)22(29)26-19-4-2-1-3-5-19/h6-11,14,19H,1-5,12-13,15H2,(H,26,29)(H,27,30). The number of sulfonamides is 1. The highest BCUT2D eigenvalue weighted by molar-refractivity contribution is 7.90. The lowest BCUT2D eigenvalue weighted by Gasteiger charge is -2.29. The summed E-state index contributed by atoms with van der Waals surface area (Å²) in [6.45, 7) is -0.109. The fourth-order valence-corrected chi connectivity index (χ4v) is 6.54. The number of hydrogen-bond donors (Lipinski definition) is 2. The highest BCUT2D eigenvalue weighted by atomic mass is 35.5. The van der Waals surface area contributed by atoms with E-state index in [9.17, 15) is 18.0 Å². The second-order valence-electron chi connectivity index (χ2n) is 9.17. The third-order valence-corrected chi connectivity index (χ3v) is 8.94. The minimum absolute atomic E-state index is 0.0254. The molecule has 2 aromatic carbocycles. The summed E-state index contributed by atoms with van der Waals surface area (Å²) < 4.78 is 26.9. The molecule has 33 heavy (non-hydrogen) atoms. The van der Waals surface area contributed by atoms with Gasteiger partial charge < -0.3 is 10.6 Å². The molecular weight excluding hydrogens is 462 g/mol. The molecule has 2 aromatic rings. The van der Waals surface area contributed by atoms with E-state index >= 15 is 0 Å². The molecule has 2 fully saturated rings. The Balaban J connectivity index is 1.32. The van der Waals surface area contributed by atoms with Crippen molar-refractivity contribution in [3.05, 3.63) is 58.6 Å². The first-order chi connectivity index (χ1) is 15.8. The maximum atomic E-state index is 13.0. The fourth-order valence-electron chi connectivity index (χ4n) is 4.81. The zero-order chi connectivity index (χ0) is 23.2. The van der Waals surface area contributed by atoms with Crippen LogP contribution in [0.2, 0.25) is 5.02 Å². The van der Waals surface area contributed by atoms with E-state index in [-0.39, 0.29) is 34.1 Å². The summed E-state index contributed by atoms with van der Waals surface area (Å²) in [5.74, 6) is 0.0913. The van der Waals surface area contributed by atoms with Crippen molar-refractivity contribution in [1.29, 1.82) is 0 Å². The summed E-state index contributed by atoms with van der Waals surface area (Å²) in [5.41, 5.74) is 1.32. The first-order valence-electron chi connectivity index (χ1n) is 11.3. The topological polar surface area (TPSA) is 95.6 Å². The quantitative estimate of drug-likeness (QED) is 0.646. The van der Waals surface area contributed by atoms with E-state index < -0.39 is 21.5 Å². The van der Waals surface area contributed by atoms with Crippen molar-refractivity contribution in [2.45, 2.75) is 67.8 Å². The number of anilines is 1. The van der Waals surface area contributed by atoms with Gasteiger partial charge in [-0.15, -0.1) is 0 Å². The summed E-state index contributed by atoms with van der Waals surface area (Å²) in [4.78, 5) is 25.5. The minimum atomic E-state index is -4.04. The minimum Gasteiger partial charge on any atom is -0.353 e. The molecule has 1 aliphatic heterocycles. The van der Waals surface area contributed by atoms with Crippen molar-refractivity contribution in [3.8, 4) is 0 Å².